The maximum atomic E-state index is 13.7. The van der Waals surface area contributed by atoms with E-state index in [1.807, 2.05) is 24.3 Å². The Kier molecular flexibility index (Phi) is 3.73. The summed E-state index contributed by atoms with van der Waals surface area (Å²) in [6.45, 7) is 0. The van der Waals surface area contributed by atoms with Gasteiger partial charge in [-0.3, -0.25) is 14.4 Å². The third-order valence-electron chi connectivity index (χ3n) is 8.70. The van der Waals surface area contributed by atoms with Crippen molar-refractivity contribution in [2.75, 3.05) is 5.32 Å². The molecule has 5 aliphatic carbocycles. The molecular formula is C25H27NO3. The molecule has 4 nitrogen and oxygen atoms in total. The van der Waals surface area contributed by atoms with Crippen molar-refractivity contribution in [3.8, 4) is 0 Å². The Hall–Kier alpha value is -2.23. The highest BCUT2D eigenvalue weighted by Gasteiger charge is 2.77. The largest absolute Gasteiger partial charge is 0.326 e. The minimum Gasteiger partial charge on any atom is -0.326 e. The molecule has 1 aromatic rings. The summed E-state index contributed by atoms with van der Waals surface area (Å²) in [5, 5.41) is 3.16. The number of carbonyl (C=O) groups is 3. The summed E-state index contributed by atoms with van der Waals surface area (Å²) >= 11 is 0. The molecule has 6 rings (SSSR count). The predicted octanol–water partition coefficient (Wildman–Crippen LogP) is 4.27. The van der Waals surface area contributed by atoms with Gasteiger partial charge < -0.3 is 5.32 Å². The van der Waals surface area contributed by atoms with Gasteiger partial charge in [0.2, 0.25) is 5.91 Å². The Morgan fingerprint density at radius 2 is 1.79 bits per heavy atom. The van der Waals surface area contributed by atoms with E-state index in [2.05, 4.69) is 17.4 Å². The van der Waals surface area contributed by atoms with Crippen molar-refractivity contribution >= 4 is 23.2 Å². The Morgan fingerprint density at radius 3 is 2.62 bits per heavy atom. The molecule has 1 N–H and O–H groups in total. The second-order valence-corrected chi connectivity index (χ2v) is 9.80. The van der Waals surface area contributed by atoms with Crippen LogP contribution in [0.2, 0.25) is 0 Å². The van der Waals surface area contributed by atoms with Gasteiger partial charge in [-0.25, -0.2) is 0 Å². The molecule has 0 heterocycles. The molecule has 29 heavy (non-hydrogen) atoms. The fourth-order valence-corrected chi connectivity index (χ4v) is 7.57. The van der Waals surface area contributed by atoms with Gasteiger partial charge in [-0.15, -0.1) is 0 Å². The minimum absolute atomic E-state index is 0.103. The normalized spacial score (nSPS) is 39.9. The van der Waals surface area contributed by atoms with Crippen LogP contribution < -0.4 is 5.32 Å². The minimum atomic E-state index is -0.850. The summed E-state index contributed by atoms with van der Waals surface area (Å²) in [5.74, 6) is -0.324. The topological polar surface area (TPSA) is 63.2 Å². The SMILES string of the molecule is O=C1C2C=CC1C1(C(=O)Nc3cccc(C4CCCCC4)c3)C3CCC(C3=O)C21. The molecule has 0 radical (unpaired) electrons. The van der Waals surface area contributed by atoms with Gasteiger partial charge in [-0.05, 0) is 55.2 Å². The van der Waals surface area contributed by atoms with Crippen molar-refractivity contribution in [2.45, 2.75) is 50.9 Å². The van der Waals surface area contributed by atoms with E-state index in [9.17, 15) is 14.4 Å². The van der Waals surface area contributed by atoms with Gasteiger partial charge in [0.1, 0.15) is 11.6 Å². The second-order valence-electron chi connectivity index (χ2n) is 9.80. The van der Waals surface area contributed by atoms with Crippen LogP contribution in [0.25, 0.3) is 0 Å². The second kappa shape index (κ2) is 6.13. The summed E-state index contributed by atoms with van der Waals surface area (Å²) in [4.78, 5) is 39.5. The van der Waals surface area contributed by atoms with Crippen molar-refractivity contribution in [1.82, 2.24) is 0 Å². The molecule has 4 fully saturated rings. The zero-order chi connectivity index (χ0) is 19.8. The van der Waals surface area contributed by atoms with Crippen LogP contribution in [0, 0.1) is 35.0 Å². The number of benzene rings is 1. The number of allylic oxidation sites excluding steroid dienone is 2. The van der Waals surface area contributed by atoms with E-state index in [0.29, 0.717) is 5.92 Å². The maximum Gasteiger partial charge on any atom is 0.232 e. The monoisotopic (exact) mass is 389 g/mol. The van der Waals surface area contributed by atoms with E-state index in [1.54, 1.807) is 0 Å². The van der Waals surface area contributed by atoms with E-state index in [0.717, 1.165) is 18.5 Å². The molecule has 0 aromatic heterocycles. The molecular weight excluding hydrogens is 362 g/mol. The molecule has 4 bridgehead atoms. The highest BCUT2D eigenvalue weighted by molar-refractivity contribution is 6.11. The van der Waals surface area contributed by atoms with Gasteiger partial charge in [0.25, 0.3) is 0 Å². The molecule has 6 atom stereocenters. The van der Waals surface area contributed by atoms with Crippen molar-refractivity contribution in [2.24, 2.45) is 35.0 Å². The Bertz CT molecular complexity index is 941. The number of hydrogen-bond donors (Lipinski definition) is 1. The lowest BCUT2D eigenvalue weighted by molar-refractivity contribution is -0.137. The van der Waals surface area contributed by atoms with Gasteiger partial charge in [0.05, 0.1) is 11.3 Å². The molecule has 0 saturated heterocycles. The lowest BCUT2D eigenvalue weighted by atomic mass is 9.60. The van der Waals surface area contributed by atoms with Crippen molar-refractivity contribution in [1.29, 1.82) is 0 Å². The van der Waals surface area contributed by atoms with Gasteiger partial charge >= 0.3 is 0 Å². The zero-order valence-corrected chi connectivity index (χ0v) is 16.6. The molecule has 150 valence electrons. The van der Waals surface area contributed by atoms with E-state index in [1.165, 1.54) is 37.7 Å². The van der Waals surface area contributed by atoms with Gasteiger partial charge in [-0.1, -0.05) is 43.5 Å². The van der Waals surface area contributed by atoms with Gasteiger partial charge in [0.15, 0.2) is 0 Å². The fourth-order valence-electron chi connectivity index (χ4n) is 7.57. The van der Waals surface area contributed by atoms with E-state index in [4.69, 9.17) is 0 Å². The Morgan fingerprint density at radius 1 is 0.966 bits per heavy atom. The lowest BCUT2D eigenvalue weighted by Gasteiger charge is -2.41. The van der Waals surface area contributed by atoms with E-state index >= 15 is 0 Å². The number of fused-ring (bicyclic) bond motifs is 9. The lowest BCUT2D eigenvalue weighted by Crippen LogP contribution is -2.49. The predicted molar refractivity (Wildman–Crippen MR) is 109 cm³/mol. The molecule has 1 amide bonds. The quantitative estimate of drug-likeness (QED) is 0.620. The molecule has 4 heteroatoms. The highest BCUT2D eigenvalue weighted by atomic mass is 16.2. The summed E-state index contributed by atoms with van der Waals surface area (Å²) in [5.41, 5.74) is 1.25. The number of amides is 1. The van der Waals surface area contributed by atoms with Crippen LogP contribution in [0.15, 0.2) is 36.4 Å². The fraction of sp³-hybridized carbons (Fsp3) is 0.560. The third kappa shape index (κ3) is 2.18. The van der Waals surface area contributed by atoms with Crippen molar-refractivity contribution in [3.63, 3.8) is 0 Å². The Labute approximate surface area is 171 Å². The van der Waals surface area contributed by atoms with Crippen LogP contribution in [0.4, 0.5) is 5.69 Å². The maximum absolute atomic E-state index is 13.7. The molecule has 0 aliphatic heterocycles. The van der Waals surface area contributed by atoms with Gasteiger partial charge in [-0.2, -0.15) is 0 Å². The summed E-state index contributed by atoms with van der Waals surface area (Å²) in [6, 6.07) is 8.24. The number of carbonyl (C=O) groups excluding carboxylic acids is 3. The number of hydrogen-bond acceptors (Lipinski definition) is 3. The van der Waals surface area contributed by atoms with Crippen LogP contribution in [-0.2, 0) is 14.4 Å². The summed E-state index contributed by atoms with van der Waals surface area (Å²) in [7, 11) is 0. The number of rotatable bonds is 3. The zero-order valence-electron chi connectivity index (χ0n) is 16.6. The van der Waals surface area contributed by atoms with E-state index in [-0.39, 0.29) is 41.1 Å². The standard InChI is InChI=1S/C25H27NO3/c27-22-17-9-11-19(22)25(20-12-10-18(21(17)25)23(20)28)24(29)26-16-8-4-7-15(13-16)14-5-2-1-3-6-14/h4,7-9,11,13-14,17-21H,1-3,5-6,10,12H2,(H,26,29). The number of ketones is 2. The van der Waals surface area contributed by atoms with Gasteiger partial charge in [0, 0.05) is 23.4 Å². The van der Waals surface area contributed by atoms with Crippen LogP contribution >= 0.6 is 0 Å². The molecule has 1 aromatic carbocycles. The van der Waals surface area contributed by atoms with Crippen molar-refractivity contribution < 1.29 is 14.4 Å². The van der Waals surface area contributed by atoms with Crippen LogP contribution in [0.3, 0.4) is 0 Å². The molecule has 4 saturated carbocycles. The molecule has 6 unspecified atom stereocenters. The average molecular weight is 389 g/mol. The Balaban J connectivity index is 1.33. The highest BCUT2D eigenvalue weighted by Crippen LogP contribution is 2.70. The van der Waals surface area contributed by atoms with Crippen LogP contribution in [0.5, 0.6) is 0 Å². The van der Waals surface area contributed by atoms with Crippen molar-refractivity contribution in [3.05, 3.63) is 42.0 Å². The smallest absolute Gasteiger partial charge is 0.232 e. The summed E-state index contributed by atoms with van der Waals surface area (Å²) < 4.78 is 0. The first-order valence-corrected chi connectivity index (χ1v) is 11.3. The molecule has 0 spiro atoms. The molecule has 5 aliphatic rings. The number of nitrogens with one attached hydrogen (secondary N) is 1. The average Bonchev–Trinajstić information content (AvgIpc) is 3.45. The first-order valence-electron chi connectivity index (χ1n) is 11.3. The third-order valence-corrected chi connectivity index (χ3v) is 8.70. The summed E-state index contributed by atoms with van der Waals surface area (Å²) in [6.07, 6.45) is 11.7. The number of Topliss-reactive ketones (excluding diaryl/α,β-unsaturated/α-hetero) is 2. The van der Waals surface area contributed by atoms with Crippen LogP contribution in [0.1, 0.15) is 56.4 Å². The first-order chi connectivity index (χ1) is 14.1. The van der Waals surface area contributed by atoms with Crippen LogP contribution in [-0.4, -0.2) is 17.5 Å². The van der Waals surface area contributed by atoms with E-state index < -0.39 is 11.3 Å². The first kappa shape index (κ1) is 17.6. The number of anilines is 1.